The summed E-state index contributed by atoms with van der Waals surface area (Å²) in [6.07, 6.45) is 0. The van der Waals surface area contributed by atoms with Crippen LogP contribution in [0.2, 0.25) is 0 Å². The number of rotatable bonds is 4. The largest absolute Gasteiger partial charge is 0.489 e. The van der Waals surface area contributed by atoms with E-state index in [1.165, 1.54) is 6.07 Å². The molecule has 0 amide bonds. The van der Waals surface area contributed by atoms with Crippen molar-refractivity contribution in [3.63, 3.8) is 0 Å². The van der Waals surface area contributed by atoms with E-state index >= 15 is 0 Å². The van der Waals surface area contributed by atoms with Crippen LogP contribution in [0.4, 0.5) is 0 Å². The Morgan fingerprint density at radius 2 is 1.65 bits per heavy atom. The molecule has 2 heterocycles. The molecule has 152 valence electrons. The third-order valence-corrected chi connectivity index (χ3v) is 5.14. The average molecular weight is 410 g/mol. The molecule has 3 aromatic carbocycles. The summed E-state index contributed by atoms with van der Waals surface area (Å²) < 4.78 is 16.7. The van der Waals surface area contributed by atoms with Crippen LogP contribution in [0.25, 0.3) is 33.1 Å². The lowest BCUT2D eigenvalue weighted by Crippen LogP contribution is -2.06. The summed E-state index contributed by atoms with van der Waals surface area (Å²) in [6, 6.07) is 23.6. The van der Waals surface area contributed by atoms with Crippen molar-refractivity contribution in [1.29, 1.82) is 0 Å². The van der Waals surface area contributed by atoms with Gasteiger partial charge in [0.05, 0.1) is 5.56 Å². The molecule has 0 saturated heterocycles. The van der Waals surface area contributed by atoms with Crippen molar-refractivity contribution in [2.75, 3.05) is 0 Å². The van der Waals surface area contributed by atoms with Crippen molar-refractivity contribution < 1.29 is 13.6 Å². The van der Waals surface area contributed by atoms with Gasteiger partial charge in [-0.1, -0.05) is 48.0 Å². The fourth-order valence-corrected chi connectivity index (χ4v) is 3.67. The van der Waals surface area contributed by atoms with E-state index in [2.05, 4.69) is 6.07 Å². The molecule has 0 aliphatic heterocycles. The van der Waals surface area contributed by atoms with Crippen molar-refractivity contribution in [3.05, 3.63) is 111 Å². The Morgan fingerprint density at radius 3 is 2.52 bits per heavy atom. The molecule has 5 nitrogen and oxygen atoms in total. The van der Waals surface area contributed by atoms with Gasteiger partial charge in [-0.3, -0.25) is 0 Å². The highest BCUT2D eigenvalue weighted by Gasteiger charge is 2.14. The zero-order valence-electron chi connectivity index (χ0n) is 16.8. The van der Waals surface area contributed by atoms with Crippen LogP contribution in [-0.4, -0.2) is 0 Å². The van der Waals surface area contributed by atoms with Crippen LogP contribution in [0, 0.1) is 6.92 Å². The van der Waals surface area contributed by atoms with Crippen LogP contribution >= 0.6 is 0 Å². The quantitative estimate of drug-likeness (QED) is 0.368. The van der Waals surface area contributed by atoms with Gasteiger partial charge in [0.1, 0.15) is 23.5 Å². The molecule has 5 heteroatoms. The van der Waals surface area contributed by atoms with Crippen molar-refractivity contribution in [1.82, 2.24) is 0 Å². The zero-order valence-corrected chi connectivity index (χ0v) is 16.8. The third-order valence-electron chi connectivity index (χ3n) is 5.14. The van der Waals surface area contributed by atoms with Crippen molar-refractivity contribution >= 4 is 21.9 Å². The SMILES string of the molecule is Cc1cccc(COc2ccc3c(-c4cc5ccccc5oc4=O)cc(=O)oc3c2)c1. The van der Waals surface area contributed by atoms with Crippen molar-refractivity contribution in [2.45, 2.75) is 13.5 Å². The molecule has 31 heavy (non-hydrogen) atoms. The van der Waals surface area contributed by atoms with Gasteiger partial charge in [-0.15, -0.1) is 0 Å². The predicted molar refractivity (Wildman–Crippen MR) is 119 cm³/mol. The van der Waals surface area contributed by atoms with Crippen molar-refractivity contribution in [3.8, 4) is 16.9 Å². The number of fused-ring (bicyclic) bond motifs is 2. The normalized spacial score (nSPS) is 11.1. The van der Waals surface area contributed by atoms with E-state index in [-0.39, 0.29) is 0 Å². The summed E-state index contributed by atoms with van der Waals surface area (Å²) in [5.74, 6) is 0.569. The molecule has 5 rings (SSSR count). The predicted octanol–water partition coefficient (Wildman–Crippen LogP) is 5.45. The fourth-order valence-electron chi connectivity index (χ4n) is 3.67. The highest BCUT2D eigenvalue weighted by Crippen LogP contribution is 2.30. The molecular formula is C26H18O5. The van der Waals surface area contributed by atoms with Gasteiger partial charge < -0.3 is 13.6 Å². The lowest BCUT2D eigenvalue weighted by Gasteiger charge is -2.09. The molecule has 0 fully saturated rings. The van der Waals surface area contributed by atoms with E-state index < -0.39 is 11.3 Å². The van der Waals surface area contributed by atoms with Crippen LogP contribution < -0.4 is 16.0 Å². The van der Waals surface area contributed by atoms with Gasteiger partial charge >= 0.3 is 11.3 Å². The second kappa shape index (κ2) is 7.61. The maximum absolute atomic E-state index is 12.6. The Labute approximate surface area is 177 Å². The first-order chi connectivity index (χ1) is 15.1. The van der Waals surface area contributed by atoms with Gasteiger partial charge in [-0.05, 0) is 36.8 Å². The van der Waals surface area contributed by atoms with Gasteiger partial charge in [0.2, 0.25) is 0 Å². The number of benzene rings is 3. The minimum Gasteiger partial charge on any atom is -0.489 e. The van der Waals surface area contributed by atoms with Gasteiger partial charge in [-0.25, -0.2) is 9.59 Å². The molecule has 0 unspecified atom stereocenters. The highest BCUT2D eigenvalue weighted by atomic mass is 16.5. The van der Waals surface area contributed by atoms with Crippen LogP contribution in [0.15, 0.2) is 97.3 Å². The number of hydrogen-bond acceptors (Lipinski definition) is 5. The smallest absolute Gasteiger partial charge is 0.344 e. The number of hydrogen-bond donors (Lipinski definition) is 0. The molecule has 0 aliphatic carbocycles. The first-order valence-electron chi connectivity index (χ1n) is 9.86. The Bertz CT molecular complexity index is 1540. The van der Waals surface area contributed by atoms with Crippen LogP contribution in [-0.2, 0) is 6.61 Å². The number of aryl methyl sites for hydroxylation is 1. The number of ether oxygens (including phenoxy) is 1. The molecule has 0 saturated carbocycles. The molecule has 0 bridgehead atoms. The van der Waals surface area contributed by atoms with E-state index in [0.29, 0.717) is 40.0 Å². The van der Waals surface area contributed by atoms with Gasteiger partial charge in [-0.2, -0.15) is 0 Å². The summed E-state index contributed by atoms with van der Waals surface area (Å²) in [5.41, 5.74) is 2.76. The molecule has 0 N–H and O–H groups in total. The van der Waals surface area contributed by atoms with Gasteiger partial charge in [0.15, 0.2) is 0 Å². The zero-order chi connectivity index (χ0) is 21.4. The Balaban J connectivity index is 1.57. The lowest BCUT2D eigenvalue weighted by molar-refractivity contribution is 0.306. The maximum Gasteiger partial charge on any atom is 0.344 e. The van der Waals surface area contributed by atoms with Crippen LogP contribution in [0.1, 0.15) is 11.1 Å². The lowest BCUT2D eigenvalue weighted by atomic mass is 10.0. The van der Waals surface area contributed by atoms with Gasteiger partial charge in [0, 0.05) is 28.5 Å². The second-order valence-electron chi connectivity index (χ2n) is 7.40. The van der Waals surface area contributed by atoms with E-state index in [0.717, 1.165) is 16.5 Å². The maximum atomic E-state index is 12.6. The number of para-hydroxylation sites is 1. The molecule has 0 spiro atoms. The Morgan fingerprint density at radius 1 is 0.774 bits per heavy atom. The molecule has 0 atom stereocenters. The molecule has 0 radical (unpaired) electrons. The van der Waals surface area contributed by atoms with E-state index in [1.807, 2.05) is 37.3 Å². The standard InChI is InChI=1S/C26H18O5/c1-16-5-4-6-17(11-16)15-29-19-9-10-20-21(14-25(27)30-24(20)13-19)22-12-18-7-2-3-8-23(18)31-26(22)28/h2-14H,15H2,1H3. The molecule has 0 aliphatic rings. The van der Waals surface area contributed by atoms with Crippen molar-refractivity contribution in [2.24, 2.45) is 0 Å². The fraction of sp³-hybridized carbons (Fsp3) is 0.0769. The van der Waals surface area contributed by atoms with Gasteiger partial charge in [0.25, 0.3) is 0 Å². The van der Waals surface area contributed by atoms with E-state index in [9.17, 15) is 9.59 Å². The molecule has 2 aromatic heterocycles. The minimum atomic E-state index is -0.550. The average Bonchev–Trinajstić information content (AvgIpc) is 2.76. The summed E-state index contributed by atoms with van der Waals surface area (Å²) in [6.45, 7) is 2.42. The minimum absolute atomic E-state index is 0.310. The van der Waals surface area contributed by atoms with E-state index in [4.69, 9.17) is 13.6 Å². The summed E-state index contributed by atoms with van der Waals surface area (Å²) in [5, 5.41) is 1.40. The summed E-state index contributed by atoms with van der Waals surface area (Å²) in [4.78, 5) is 24.9. The van der Waals surface area contributed by atoms with Crippen LogP contribution in [0.3, 0.4) is 0 Å². The first kappa shape index (κ1) is 18.9. The summed E-state index contributed by atoms with van der Waals surface area (Å²) in [7, 11) is 0. The topological polar surface area (TPSA) is 69.7 Å². The Kier molecular flexibility index (Phi) is 4.64. The summed E-state index contributed by atoms with van der Waals surface area (Å²) >= 11 is 0. The second-order valence-corrected chi connectivity index (χ2v) is 7.40. The van der Waals surface area contributed by atoms with E-state index in [1.54, 1.807) is 36.4 Å². The third kappa shape index (κ3) is 3.73. The molecular weight excluding hydrogens is 392 g/mol. The molecule has 5 aromatic rings. The first-order valence-corrected chi connectivity index (χ1v) is 9.86. The highest BCUT2D eigenvalue weighted by molar-refractivity contribution is 5.95. The monoisotopic (exact) mass is 410 g/mol. The van der Waals surface area contributed by atoms with Crippen LogP contribution in [0.5, 0.6) is 5.75 Å². The Hall–Kier alpha value is -4.12.